The minimum Gasteiger partial charge on any atom is -0.462 e. The maximum absolute atomic E-state index is 11.5. The smallest absolute Gasteiger partial charge is 0.338 e. The molecule has 1 unspecified atom stereocenters. The number of hydrazine groups is 1. The fourth-order valence-electron chi connectivity index (χ4n) is 1.51. The second-order valence-electron chi connectivity index (χ2n) is 4.48. The number of amides is 3. The number of ether oxygens (including phenoxy) is 1. The molecule has 0 aliphatic rings. The first-order valence-corrected chi connectivity index (χ1v) is 6.73. The number of esters is 1. The Balaban J connectivity index is 2.45. The number of carbonyl (C=O) groups excluding carboxylic acids is 3. The zero-order valence-electron chi connectivity index (χ0n) is 12.4. The summed E-state index contributed by atoms with van der Waals surface area (Å²) in [4.78, 5) is 34.2. The van der Waals surface area contributed by atoms with Crippen molar-refractivity contribution >= 4 is 23.6 Å². The molecule has 1 aromatic carbocycles. The molecule has 0 saturated carbocycles. The molecule has 0 aliphatic heterocycles. The quantitative estimate of drug-likeness (QED) is 0.474. The lowest BCUT2D eigenvalue weighted by Crippen LogP contribution is -2.44. The van der Waals surface area contributed by atoms with Crippen LogP contribution >= 0.6 is 0 Å². The van der Waals surface area contributed by atoms with Crippen LogP contribution in [-0.2, 0) is 9.53 Å². The Morgan fingerprint density at radius 1 is 1.18 bits per heavy atom. The van der Waals surface area contributed by atoms with Crippen LogP contribution in [0.4, 0.5) is 10.5 Å². The number of aliphatic hydroxyl groups is 1. The first kappa shape index (κ1) is 17.4. The summed E-state index contributed by atoms with van der Waals surface area (Å²) in [6.07, 6.45) is -0.908. The highest BCUT2D eigenvalue weighted by atomic mass is 16.5. The molecule has 8 nitrogen and oxygen atoms in total. The Kier molecular flexibility index (Phi) is 6.84. The van der Waals surface area contributed by atoms with Crippen LogP contribution in [0.5, 0.6) is 0 Å². The molecule has 3 amide bonds. The summed E-state index contributed by atoms with van der Waals surface area (Å²) in [7, 11) is 0. The summed E-state index contributed by atoms with van der Waals surface area (Å²) in [6.45, 7) is 3.46. The van der Waals surface area contributed by atoms with Gasteiger partial charge in [-0.2, -0.15) is 0 Å². The normalized spacial score (nSPS) is 11.2. The molecule has 0 radical (unpaired) electrons. The van der Waals surface area contributed by atoms with Crippen molar-refractivity contribution in [3.05, 3.63) is 29.8 Å². The van der Waals surface area contributed by atoms with E-state index >= 15 is 0 Å². The number of urea groups is 1. The van der Waals surface area contributed by atoms with Crippen molar-refractivity contribution in [3.63, 3.8) is 0 Å². The van der Waals surface area contributed by atoms with Crippen molar-refractivity contribution < 1.29 is 24.2 Å². The van der Waals surface area contributed by atoms with E-state index in [1.165, 1.54) is 31.2 Å². The van der Waals surface area contributed by atoms with Gasteiger partial charge in [-0.1, -0.05) is 0 Å². The number of hydrogen-bond donors (Lipinski definition) is 4. The molecular weight excluding hydrogens is 290 g/mol. The van der Waals surface area contributed by atoms with E-state index in [1.54, 1.807) is 6.92 Å². The highest BCUT2D eigenvalue weighted by molar-refractivity contribution is 5.93. The lowest BCUT2D eigenvalue weighted by molar-refractivity contribution is -0.123. The van der Waals surface area contributed by atoms with Crippen LogP contribution in [0.25, 0.3) is 0 Å². The fourth-order valence-corrected chi connectivity index (χ4v) is 1.51. The van der Waals surface area contributed by atoms with Gasteiger partial charge in [0.2, 0.25) is 5.91 Å². The van der Waals surface area contributed by atoms with E-state index < -0.39 is 24.0 Å². The molecule has 8 heteroatoms. The Bertz CT molecular complexity index is 528. The molecule has 22 heavy (non-hydrogen) atoms. The lowest BCUT2D eigenvalue weighted by Gasteiger charge is -2.10. The van der Waals surface area contributed by atoms with Gasteiger partial charge in [-0.25, -0.2) is 15.0 Å². The number of aliphatic hydroxyl groups excluding tert-OH is 1. The first-order chi connectivity index (χ1) is 10.4. The van der Waals surface area contributed by atoms with Gasteiger partial charge in [0.15, 0.2) is 0 Å². The molecule has 0 aromatic heterocycles. The van der Waals surface area contributed by atoms with Gasteiger partial charge in [0.05, 0.1) is 24.7 Å². The highest BCUT2D eigenvalue weighted by Gasteiger charge is 2.09. The number of hydrogen-bond acceptors (Lipinski definition) is 5. The fraction of sp³-hybridized carbons (Fsp3) is 0.357. The molecule has 0 fully saturated rings. The van der Waals surface area contributed by atoms with Crippen molar-refractivity contribution in [2.45, 2.75) is 26.4 Å². The van der Waals surface area contributed by atoms with E-state index in [0.717, 1.165) is 0 Å². The molecule has 1 rings (SSSR count). The first-order valence-electron chi connectivity index (χ1n) is 6.73. The predicted molar refractivity (Wildman–Crippen MR) is 79.0 cm³/mol. The highest BCUT2D eigenvalue weighted by Crippen LogP contribution is 2.10. The molecular formula is C14H19N3O5. The number of benzene rings is 1. The summed E-state index contributed by atoms with van der Waals surface area (Å²) in [5.41, 5.74) is 5.10. The van der Waals surface area contributed by atoms with Gasteiger partial charge in [-0.05, 0) is 38.1 Å². The van der Waals surface area contributed by atoms with Crippen LogP contribution in [-0.4, -0.2) is 35.7 Å². The molecule has 120 valence electrons. The van der Waals surface area contributed by atoms with Crippen LogP contribution in [0.15, 0.2) is 24.3 Å². The van der Waals surface area contributed by atoms with Crippen molar-refractivity contribution in [2.75, 3.05) is 11.9 Å². The van der Waals surface area contributed by atoms with E-state index in [2.05, 4.69) is 16.2 Å². The second-order valence-corrected chi connectivity index (χ2v) is 4.48. The van der Waals surface area contributed by atoms with Gasteiger partial charge >= 0.3 is 12.0 Å². The monoisotopic (exact) mass is 309 g/mol. The predicted octanol–water partition coefficient (Wildman–Crippen LogP) is 0.787. The third-order valence-corrected chi connectivity index (χ3v) is 2.45. The van der Waals surface area contributed by atoms with Gasteiger partial charge in [0.25, 0.3) is 0 Å². The van der Waals surface area contributed by atoms with Crippen LogP contribution < -0.4 is 16.2 Å². The molecule has 0 bridgehead atoms. The molecule has 1 aromatic rings. The van der Waals surface area contributed by atoms with Gasteiger partial charge < -0.3 is 15.2 Å². The van der Waals surface area contributed by atoms with E-state index in [1.807, 2.05) is 0 Å². The molecule has 4 N–H and O–H groups in total. The number of carbonyl (C=O) groups is 3. The Morgan fingerprint density at radius 2 is 1.82 bits per heavy atom. The van der Waals surface area contributed by atoms with Crippen molar-refractivity contribution in [1.82, 2.24) is 10.9 Å². The van der Waals surface area contributed by atoms with Gasteiger partial charge in [0, 0.05) is 5.69 Å². The van der Waals surface area contributed by atoms with Gasteiger partial charge in [-0.3, -0.25) is 10.2 Å². The molecule has 0 aliphatic carbocycles. The third-order valence-electron chi connectivity index (χ3n) is 2.45. The average Bonchev–Trinajstić information content (AvgIpc) is 2.45. The number of nitrogens with one attached hydrogen (secondary N) is 3. The summed E-state index contributed by atoms with van der Waals surface area (Å²) >= 11 is 0. The summed E-state index contributed by atoms with van der Waals surface area (Å²) in [6, 6.07) is 5.44. The summed E-state index contributed by atoms with van der Waals surface area (Å²) in [5.74, 6) is -0.952. The topological polar surface area (TPSA) is 117 Å². The Morgan fingerprint density at radius 3 is 2.36 bits per heavy atom. The Labute approximate surface area is 127 Å². The van der Waals surface area contributed by atoms with E-state index in [-0.39, 0.29) is 13.0 Å². The minimum atomic E-state index is -0.791. The van der Waals surface area contributed by atoms with Crippen molar-refractivity contribution in [3.8, 4) is 0 Å². The molecule has 0 spiro atoms. The van der Waals surface area contributed by atoms with Crippen molar-refractivity contribution in [2.24, 2.45) is 0 Å². The summed E-state index contributed by atoms with van der Waals surface area (Å²) in [5, 5.41) is 11.5. The van der Waals surface area contributed by atoms with Gasteiger partial charge in [-0.15, -0.1) is 0 Å². The van der Waals surface area contributed by atoms with Crippen LogP contribution in [0.2, 0.25) is 0 Å². The second kappa shape index (κ2) is 8.63. The SMILES string of the molecule is CCOC(=O)c1ccc(NC(=O)NNC(=O)CC(C)O)cc1. The lowest BCUT2D eigenvalue weighted by atomic mass is 10.2. The third kappa shape index (κ3) is 6.23. The maximum atomic E-state index is 11.5. The van der Waals surface area contributed by atoms with Gasteiger partial charge in [0.1, 0.15) is 0 Å². The number of anilines is 1. The Hall–Kier alpha value is -2.61. The summed E-state index contributed by atoms with van der Waals surface area (Å²) < 4.78 is 4.84. The molecule has 1 atom stereocenters. The van der Waals surface area contributed by atoms with Crippen LogP contribution in [0.1, 0.15) is 30.6 Å². The average molecular weight is 309 g/mol. The van der Waals surface area contributed by atoms with Crippen molar-refractivity contribution in [1.29, 1.82) is 0 Å². The zero-order chi connectivity index (χ0) is 16.5. The molecule has 0 heterocycles. The zero-order valence-corrected chi connectivity index (χ0v) is 12.4. The number of rotatable bonds is 5. The minimum absolute atomic E-state index is 0.117. The van der Waals surface area contributed by atoms with E-state index in [4.69, 9.17) is 9.84 Å². The van der Waals surface area contributed by atoms with Crippen LogP contribution in [0.3, 0.4) is 0 Å². The maximum Gasteiger partial charge on any atom is 0.338 e. The molecule has 0 saturated heterocycles. The standard InChI is InChI=1S/C14H19N3O5/c1-3-22-13(20)10-4-6-11(7-5-10)15-14(21)17-16-12(19)8-9(2)18/h4-7,9,18H,3,8H2,1-2H3,(H,16,19)(H2,15,17,21). The van der Waals surface area contributed by atoms with Crippen LogP contribution in [0, 0.1) is 0 Å². The van der Waals surface area contributed by atoms with E-state index in [0.29, 0.717) is 11.3 Å². The van der Waals surface area contributed by atoms with E-state index in [9.17, 15) is 14.4 Å². The largest absolute Gasteiger partial charge is 0.462 e.